The van der Waals surface area contributed by atoms with E-state index in [0.717, 1.165) is 0 Å². The van der Waals surface area contributed by atoms with Gasteiger partial charge in [-0.3, -0.25) is 0 Å². The fourth-order valence-electron chi connectivity index (χ4n) is 2.62. The van der Waals surface area contributed by atoms with Crippen molar-refractivity contribution >= 4 is 55.3 Å². The maximum atomic E-state index is 14.2. The first-order valence-corrected chi connectivity index (χ1v) is 9.71. The molecule has 0 aromatic heterocycles. The van der Waals surface area contributed by atoms with Gasteiger partial charge in [0.05, 0.1) is 17.6 Å². The molecule has 0 unspecified atom stereocenters. The molecular weight excluding hydrogens is 513 g/mol. The average molecular weight is 545 g/mol. The molecule has 0 spiro atoms. The zero-order valence-electron chi connectivity index (χ0n) is 18.8. The van der Waals surface area contributed by atoms with Gasteiger partial charge in [-0.2, -0.15) is 5.26 Å². The van der Waals surface area contributed by atoms with Crippen LogP contribution in [0.1, 0.15) is 32.4 Å². The Morgan fingerprint density at radius 2 is 1.74 bits per heavy atom. The second kappa shape index (κ2) is 20.5. The van der Waals surface area contributed by atoms with E-state index in [2.05, 4.69) is 0 Å². The van der Waals surface area contributed by atoms with Gasteiger partial charge in [0, 0.05) is 11.4 Å². The molecule has 0 radical (unpaired) electrons. The van der Waals surface area contributed by atoms with Crippen LogP contribution in [0.3, 0.4) is 0 Å². The summed E-state index contributed by atoms with van der Waals surface area (Å²) in [6, 6.07) is 13.1. The standard InChI is InChI=1S/C22H23ClFNO5.CH4.Ca.3H2O/c1-14(2)30-21(22(26)27)9-15-4-3-5-19(8-15)28-12-18(24)13-29-20-7-6-17(23)10-16(20)11-25;;;;;/h3-8,10,14,18,21H,9,12-13H2,1-2H3,(H,26,27);1H4;;3*1H2/q;;+2;;;/p-1/t18-,21-;;;;;/m0...../s1. The van der Waals surface area contributed by atoms with Crippen LogP contribution in [0.25, 0.3) is 0 Å². The normalized spacial score (nSPS) is 11.0. The van der Waals surface area contributed by atoms with Crippen LogP contribution < -0.4 is 14.6 Å². The molecule has 12 heteroatoms. The van der Waals surface area contributed by atoms with Crippen molar-refractivity contribution in [3.8, 4) is 17.6 Å². The summed E-state index contributed by atoms with van der Waals surface area (Å²) in [4.78, 5) is 11.2. The molecule has 0 bridgehead atoms. The zero-order chi connectivity index (χ0) is 22.1. The summed E-state index contributed by atoms with van der Waals surface area (Å²) in [7, 11) is 0. The van der Waals surface area contributed by atoms with Crippen LogP contribution in [0.2, 0.25) is 5.02 Å². The minimum atomic E-state index is -1.45. The van der Waals surface area contributed by atoms with Crippen molar-refractivity contribution in [1.82, 2.24) is 0 Å². The van der Waals surface area contributed by atoms with Crippen LogP contribution in [0.15, 0.2) is 42.5 Å². The maximum absolute atomic E-state index is 14.2. The Labute approximate surface area is 239 Å². The summed E-state index contributed by atoms with van der Waals surface area (Å²) in [5, 5.41) is 20.7. The van der Waals surface area contributed by atoms with E-state index in [1.54, 1.807) is 44.2 Å². The summed E-state index contributed by atoms with van der Waals surface area (Å²) in [6.07, 6.45) is -2.69. The Morgan fingerprint density at radius 1 is 1.11 bits per heavy atom. The van der Waals surface area contributed by atoms with E-state index in [1.165, 1.54) is 12.1 Å². The van der Waals surface area contributed by atoms with E-state index in [-0.39, 0.29) is 98.6 Å². The van der Waals surface area contributed by atoms with Gasteiger partial charge in [-0.25, -0.2) is 4.39 Å². The number of hydrogen-bond donors (Lipinski definition) is 0. The molecule has 0 amide bonds. The number of hydrogen-bond acceptors (Lipinski definition) is 6. The van der Waals surface area contributed by atoms with Crippen LogP contribution in [0, 0.1) is 11.3 Å². The number of carboxylic acids is 1. The Balaban J connectivity index is -0.000000961. The van der Waals surface area contributed by atoms with Gasteiger partial charge in [0.2, 0.25) is 0 Å². The molecular formula is C23H32CaClFNO8+. The summed E-state index contributed by atoms with van der Waals surface area (Å²) in [6.45, 7) is 2.90. The second-order valence-electron chi connectivity index (χ2n) is 6.82. The number of carbonyl (C=O) groups excluding carboxylic acids is 1. The van der Waals surface area contributed by atoms with E-state index in [9.17, 15) is 14.3 Å². The first-order valence-electron chi connectivity index (χ1n) is 9.33. The molecule has 0 aliphatic carbocycles. The van der Waals surface area contributed by atoms with Crippen LogP contribution in [-0.4, -0.2) is 91.7 Å². The number of benzene rings is 2. The predicted molar refractivity (Wildman–Crippen MR) is 131 cm³/mol. The fourth-order valence-corrected chi connectivity index (χ4v) is 2.79. The first-order chi connectivity index (χ1) is 14.3. The molecule has 6 N–H and O–H groups in total. The topological polar surface area (TPSA) is 186 Å². The minimum Gasteiger partial charge on any atom is -0.547 e. The zero-order valence-corrected chi connectivity index (χ0v) is 21.8. The molecule has 2 aromatic carbocycles. The summed E-state index contributed by atoms with van der Waals surface area (Å²) in [5.41, 5.74) is 0.878. The Bertz CT molecular complexity index is 913. The molecule has 2 atom stereocenters. The minimum absolute atomic E-state index is 0. The van der Waals surface area contributed by atoms with Gasteiger partial charge in [-0.05, 0) is 49.7 Å². The number of carboxylic acid groups (broad SMARTS) is 1. The van der Waals surface area contributed by atoms with Crippen molar-refractivity contribution in [1.29, 1.82) is 5.26 Å². The van der Waals surface area contributed by atoms with Gasteiger partial charge in [-0.15, -0.1) is 0 Å². The SMILES string of the molecule is C.CC(C)O[C@@H](Cc1cccc(OC[C@H](F)COc2ccc(Cl)cc2C#N)c1)C(=O)[O-].O.O.O.[Ca+2]. The van der Waals surface area contributed by atoms with Crippen molar-refractivity contribution in [3.63, 3.8) is 0 Å². The summed E-state index contributed by atoms with van der Waals surface area (Å²) >= 11 is 5.82. The molecule has 0 saturated carbocycles. The number of carbonyl (C=O) groups is 1. The fraction of sp³-hybridized carbons (Fsp3) is 0.391. The molecule has 192 valence electrons. The van der Waals surface area contributed by atoms with Crippen molar-refractivity contribution in [2.24, 2.45) is 0 Å². The van der Waals surface area contributed by atoms with Gasteiger partial charge in [0.25, 0.3) is 0 Å². The molecule has 9 nitrogen and oxygen atoms in total. The number of halogens is 2. The van der Waals surface area contributed by atoms with E-state index in [0.29, 0.717) is 16.3 Å². The van der Waals surface area contributed by atoms with Gasteiger partial charge in [0.15, 0.2) is 6.17 Å². The third-order valence-electron chi connectivity index (χ3n) is 3.93. The number of rotatable bonds is 11. The number of nitrogens with zero attached hydrogens (tertiary/aromatic N) is 1. The molecule has 2 aromatic rings. The maximum Gasteiger partial charge on any atom is 2.00 e. The Kier molecular flexibility index (Phi) is 23.7. The van der Waals surface area contributed by atoms with Crippen LogP contribution in [0.4, 0.5) is 4.39 Å². The molecule has 0 aliphatic rings. The monoisotopic (exact) mass is 544 g/mol. The summed E-state index contributed by atoms with van der Waals surface area (Å²) in [5.74, 6) is -0.666. The third kappa shape index (κ3) is 14.5. The molecule has 35 heavy (non-hydrogen) atoms. The molecule has 0 aliphatic heterocycles. The summed E-state index contributed by atoms with van der Waals surface area (Å²) < 4.78 is 30.3. The first kappa shape index (κ1) is 40.5. The number of aliphatic carboxylic acids is 1. The molecule has 0 saturated heterocycles. The Hall–Kier alpha value is -1.68. The third-order valence-corrected chi connectivity index (χ3v) is 4.17. The predicted octanol–water partition coefficient (Wildman–Crippen LogP) is 0.875. The number of ether oxygens (including phenoxy) is 3. The second-order valence-corrected chi connectivity index (χ2v) is 7.25. The van der Waals surface area contributed by atoms with Gasteiger partial charge in [0.1, 0.15) is 36.9 Å². The van der Waals surface area contributed by atoms with Crippen molar-refractivity contribution < 1.29 is 44.9 Å². The van der Waals surface area contributed by atoms with Crippen LogP contribution >= 0.6 is 11.6 Å². The molecule has 2 rings (SSSR count). The Morgan fingerprint density at radius 3 is 2.31 bits per heavy atom. The largest absolute Gasteiger partial charge is 2.00 e. The quantitative estimate of drug-likeness (QED) is 0.377. The van der Waals surface area contributed by atoms with E-state index in [1.807, 2.05) is 6.07 Å². The van der Waals surface area contributed by atoms with Gasteiger partial charge >= 0.3 is 37.7 Å². The van der Waals surface area contributed by atoms with Crippen molar-refractivity contribution in [2.75, 3.05) is 13.2 Å². The van der Waals surface area contributed by atoms with Crippen molar-refractivity contribution in [3.05, 3.63) is 58.6 Å². The molecule has 0 fully saturated rings. The number of nitriles is 1. The molecule has 0 heterocycles. The number of alkyl halides is 1. The van der Waals surface area contributed by atoms with Crippen LogP contribution in [0.5, 0.6) is 11.5 Å². The van der Waals surface area contributed by atoms with Crippen molar-refractivity contribution in [2.45, 2.75) is 46.1 Å². The smallest absolute Gasteiger partial charge is 0.547 e. The van der Waals surface area contributed by atoms with E-state index >= 15 is 0 Å². The van der Waals surface area contributed by atoms with Crippen LogP contribution in [-0.2, 0) is 16.0 Å². The van der Waals surface area contributed by atoms with E-state index in [4.69, 9.17) is 31.1 Å². The van der Waals surface area contributed by atoms with Gasteiger partial charge in [-0.1, -0.05) is 31.2 Å². The van der Waals surface area contributed by atoms with Gasteiger partial charge < -0.3 is 40.5 Å². The van der Waals surface area contributed by atoms with E-state index < -0.39 is 18.2 Å². The average Bonchev–Trinajstić information content (AvgIpc) is 2.70.